The van der Waals surface area contributed by atoms with Crippen LogP contribution in [0.1, 0.15) is 35.7 Å². The van der Waals surface area contributed by atoms with Gasteiger partial charge in [0.15, 0.2) is 11.5 Å². The second-order valence-electron chi connectivity index (χ2n) is 6.17. The van der Waals surface area contributed by atoms with E-state index in [1.165, 1.54) is 0 Å². The Kier molecular flexibility index (Phi) is 4.95. The zero-order chi connectivity index (χ0) is 18.0. The van der Waals surface area contributed by atoms with Crippen molar-refractivity contribution in [1.82, 2.24) is 4.90 Å². The first-order valence-electron chi connectivity index (χ1n) is 8.32. The number of aliphatic hydroxyl groups is 1. The van der Waals surface area contributed by atoms with Crippen LogP contribution in [0.25, 0.3) is 0 Å². The lowest BCUT2D eigenvalue weighted by Crippen LogP contribution is -2.43. The molecule has 0 aromatic heterocycles. The zero-order valence-corrected chi connectivity index (χ0v) is 14.7. The van der Waals surface area contributed by atoms with Crippen molar-refractivity contribution in [2.45, 2.75) is 25.4 Å². The van der Waals surface area contributed by atoms with Gasteiger partial charge in [-0.05, 0) is 35.7 Å². The highest BCUT2D eigenvalue weighted by Crippen LogP contribution is 2.41. The summed E-state index contributed by atoms with van der Waals surface area (Å²) in [4.78, 5) is 14.6. The molecule has 5 nitrogen and oxygen atoms in total. The fourth-order valence-electron chi connectivity index (χ4n) is 3.57. The minimum atomic E-state index is -0.370. The van der Waals surface area contributed by atoms with Crippen LogP contribution in [-0.4, -0.2) is 36.7 Å². The summed E-state index contributed by atoms with van der Waals surface area (Å²) in [5.74, 6) is 1.26. The van der Waals surface area contributed by atoms with Gasteiger partial charge in [0.1, 0.15) is 0 Å². The standard InChI is InChI=1S/C20H23NO4/c1-13-16-11-19(25-3)18(24-2)9-15(16)10-20(23)21(13)17(12-22)14-7-5-4-6-8-14/h4-9,11,13,17,22H,10,12H2,1-3H3/t13-,17-/m0/s1. The van der Waals surface area contributed by atoms with Gasteiger partial charge in [0.2, 0.25) is 5.91 Å². The molecule has 132 valence electrons. The van der Waals surface area contributed by atoms with Crippen molar-refractivity contribution >= 4 is 5.91 Å². The van der Waals surface area contributed by atoms with E-state index >= 15 is 0 Å². The van der Waals surface area contributed by atoms with E-state index in [0.29, 0.717) is 11.5 Å². The number of hydrogen-bond donors (Lipinski definition) is 1. The van der Waals surface area contributed by atoms with Crippen molar-refractivity contribution in [3.63, 3.8) is 0 Å². The molecule has 0 aliphatic carbocycles. The number of aliphatic hydroxyl groups excluding tert-OH is 1. The summed E-state index contributed by atoms with van der Waals surface area (Å²) in [5.41, 5.74) is 2.89. The van der Waals surface area contributed by atoms with E-state index in [4.69, 9.17) is 9.47 Å². The monoisotopic (exact) mass is 341 g/mol. The molecule has 3 rings (SSSR count). The zero-order valence-electron chi connectivity index (χ0n) is 14.7. The predicted molar refractivity (Wildman–Crippen MR) is 94.8 cm³/mol. The molecule has 0 fully saturated rings. The number of carbonyl (C=O) groups is 1. The van der Waals surface area contributed by atoms with Gasteiger partial charge in [-0.15, -0.1) is 0 Å². The quantitative estimate of drug-likeness (QED) is 0.908. The second-order valence-corrected chi connectivity index (χ2v) is 6.17. The molecule has 1 aliphatic rings. The van der Waals surface area contributed by atoms with Crippen LogP contribution in [0, 0.1) is 0 Å². The van der Waals surface area contributed by atoms with Crippen molar-refractivity contribution in [1.29, 1.82) is 0 Å². The number of ether oxygens (including phenoxy) is 2. The Balaban J connectivity index is 2.03. The normalized spacial score (nSPS) is 17.8. The largest absolute Gasteiger partial charge is 0.493 e. The van der Waals surface area contributed by atoms with Crippen LogP contribution in [0.3, 0.4) is 0 Å². The van der Waals surface area contributed by atoms with E-state index in [1.54, 1.807) is 19.1 Å². The number of fused-ring (bicyclic) bond motifs is 1. The van der Waals surface area contributed by atoms with Gasteiger partial charge >= 0.3 is 0 Å². The molecule has 1 N–H and O–H groups in total. The minimum Gasteiger partial charge on any atom is -0.493 e. The number of methoxy groups -OCH3 is 2. The Hall–Kier alpha value is -2.53. The van der Waals surface area contributed by atoms with Gasteiger partial charge in [0.25, 0.3) is 0 Å². The maximum absolute atomic E-state index is 12.8. The average molecular weight is 341 g/mol. The summed E-state index contributed by atoms with van der Waals surface area (Å²) >= 11 is 0. The van der Waals surface area contributed by atoms with Gasteiger partial charge in [-0.1, -0.05) is 30.3 Å². The first-order valence-corrected chi connectivity index (χ1v) is 8.32. The molecule has 2 atom stereocenters. The van der Waals surface area contributed by atoms with Crippen LogP contribution in [0.2, 0.25) is 0 Å². The highest BCUT2D eigenvalue weighted by atomic mass is 16.5. The highest BCUT2D eigenvalue weighted by molar-refractivity contribution is 5.82. The Morgan fingerprint density at radius 2 is 1.80 bits per heavy atom. The van der Waals surface area contributed by atoms with E-state index in [9.17, 15) is 9.90 Å². The minimum absolute atomic E-state index is 0.00452. The molecule has 5 heteroatoms. The van der Waals surface area contributed by atoms with E-state index < -0.39 is 0 Å². The van der Waals surface area contributed by atoms with Gasteiger partial charge in [-0.25, -0.2) is 0 Å². The Morgan fingerprint density at radius 1 is 1.16 bits per heavy atom. The molecule has 0 bridgehead atoms. The smallest absolute Gasteiger partial charge is 0.228 e. The average Bonchev–Trinajstić information content (AvgIpc) is 2.64. The van der Waals surface area contributed by atoms with Crippen LogP contribution in [-0.2, 0) is 11.2 Å². The number of benzene rings is 2. The van der Waals surface area contributed by atoms with Gasteiger partial charge in [-0.3, -0.25) is 4.79 Å². The SMILES string of the molecule is COc1cc2c(cc1OC)[C@H](C)N([C@@H](CO)c1ccccc1)C(=O)C2. The van der Waals surface area contributed by atoms with Gasteiger partial charge in [0.05, 0.1) is 39.3 Å². The van der Waals surface area contributed by atoms with Crippen LogP contribution >= 0.6 is 0 Å². The molecular formula is C20H23NO4. The summed E-state index contributed by atoms with van der Waals surface area (Å²) in [6.45, 7) is 1.86. The van der Waals surface area contributed by atoms with Crippen molar-refractivity contribution < 1.29 is 19.4 Å². The molecule has 0 unspecified atom stereocenters. The fourth-order valence-corrected chi connectivity index (χ4v) is 3.57. The lowest BCUT2D eigenvalue weighted by atomic mass is 9.90. The number of nitrogens with zero attached hydrogens (tertiary/aromatic N) is 1. The van der Waals surface area contributed by atoms with E-state index in [1.807, 2.05) is 49.4 Å². The maximum Gasteiger partial charge on any atom is 0.228 e. The first kappa shape index (κ1) is 17.3. The first-order chi connectivity index (χ1) is 12.1. The number of hydrogen-bond acceptors (Lipinski definition) is 4. The molecule has 2 aromatic rings. The second kappa shape index (κ2) is 7.15. The topological polar surface area (TPSA) is 59.0 Å². The highest BCUT2D eigenvalue weighted by Gasteiger charge is 2.35. The molecule has 1 amide bonds. The third-order valence-corrected chi connectivity index (χ3v) is 4.84. The fraction of sp³-hybridized carbons (Fsp3) is 0.350. The van der Waals surface area contributed by atoms with Crippen LogP contribution in [0.4, 0.5) is 0 Å². The number of amides is 1. The molecule has 1 heterocycles. The summed E-state index contributed by atoms with van der Waals surface area (Å²) in [7, 11) is 3.18. The number of carbonyl (C=O) groups excluding carboxylic acids is 1. The van der Waals surface area contributed by atoms with Gasteiger partial charge in [0, 0.05) is 0 Å². The predicted octanol–water partition coefficient (Wildman–Crippen LogP) is 2.88. The molecular weight excluding hydrogens is 318 g/mol. The number of rotatable bonds is 5. The molecule has 0 spiro atoms. The van der Waals surface area contributed by atoms with Gasteiger partial charge < -0.3 is 19.5 Å². The molecule has 2 aromatic carbocycles. The van der Waals surface area contributed by atoms with Crippen molar-refractivity contribution in [2.75, 3.05) is 20.8 Å². The van der Waals surface area contributed by atoms with Crippen molar-refractivity contribution in [3.05, 3.63) is 59.2 Å². The molecule has 1 aliphatic heterocycles. The lowest BCUT2D eigenvalue weighted by Gasteiger charge is -2.40. The molecule has 0 saturated heterocycles. The summed E-state index contributed by atoms with van der Waals surface area (Å²) < 4.78 is 10.8. The lowest BCUT2D eigenvalue weighted by molar-refractivity contribution is -0.137. The summed E-state index contributed by atoms with van der Waals surface area (Å²) in [5, 5.41) is 9.96. The molecule has 0 radical (unpaired) electrons. The van der Waals surface area contributed by atoms with E-state index in [-0.39, 0.29) is 31.0 Å². The molecule has 0 saturated carbocycles. The Morgan fingerprint density at radius 3 is 2.40 bits per heavy atom. The van der Waals surface area contributed by atoms with Crippen LogP contribution in [0.15, 0.2) is 42.5 Å². The summed E-state index contributed by atoms with van der Waals surface area (Å²) in [6.07, 6.45) is 0.281. The Bertz CT molecular complexity index is 760. The van der Waals surface area contributed by atoms with Gasteiger partial charge in [-0.2, -0.15) is 0 Å². The molecule has 25 heavy (non-hydrogen) atoms. The Labute approximate surface area is 147 Å². The van der Waals surface area contributed by atoms with Crippen molar-refractivity contribution in [2.24, 2.45) is 0 Å². The van der Waals surface area contributed by atoms with Crippen LogP contribution in [0.5, 0.6) is 11.5 Å². The van der Waals surface area contributed by atoms with E-state index in [2.05, 4.69) is 0 Å². The third kappa shape index (κ3) is 3.07. The van der Waals surface area contributed by atoms with Crippen LogP contribution < -0.4 is 9.47 Å². The maximum atomic E-state index is 12.8. The summed E-state index contributed by atoms with van der Waals surface area (Å²) in [6, 6.07) is 12.9. The van der Waals surface area contributed by atoms with Crippen molar-refractivity contribution in [3.8, 4) is 11.5 Å². The third-order valence-electron chi connectivity index (χ3n) is 4.84. The van der Waals surface area contributed by atoms with E-state index in [0.717, 1.165) is 16.7 Å².